The van der Waals surface area contributed by atoms with E-state index in [1.54, 1.807) is 6.08 Å². The molecule has 2 heteroatoms. The average molecular weight is 180 g/mol. The summed E-state index contributed by atoms with van der Waals surface area (Å²) >= 11 is 0. The van der Waals surface area contributed by atoms with Gasteiger partial charge in [0.1, 0.15) is 0 Å². The fourth-order valence-electron chi connectivity index (χ4n) is 1.55. The van der Waals surface area contributed by atoms with Crippen LogP contribution in [0.5, 0.6) is 0 Å². The van der Waals surface area contributed by atoms with Gasteiger partial charge in [0.25, 0.3) is 0 Å². The molecule has 1 rings (SSSR count). The van der Waals surface area contributed by atoms with E-state index in [1.165, 1.54) is 37.3 Å². The van der Waals surface area contributed by atoms with Crippen molar-refractivity contribution in [3.63, 3.8) is 0 Å². The minimum absolute atomic E-state index is 0.858. The number of carboxylic acid groups (broad SMARTS) is 1. The quantitative estimate of drug-likeness (QED) is 0.663. The van der Waals surface area contributed by atoms with Gasteiger partial charge in [-0.1, -0.05) is 30.6 Å². The van der Waals surface area contributed by atoms with Crippen LogP contribution < -0.4 is 0 Å². The van der Waals surface area contributed by atoms with Crippen LogP contribution in [0.3, 0.4) is 0 Å². The zero-order chi connectivity index (χ0) is 9.52. The van der Waals surface area contributed by atoms with E-state index in [-0.39, 0.29) is 0 Å². The van der Waals surface area contributed by atoms with Gasteiger partial charge in [-0.2, -0.15) is 0 Å². The van der Waals surface area contributed by atoms with Crippen LogP contribution in [-0.2, 0) is 4.79 Å². The third-order valence-electron chi connectivity index (χ3n) is 2.27. The lowest BCUT2D eigenvalue weighted by Crippen LogP contribution is -1.90. The third kappa shape index (κ3) is 4.51. The molecule has 0 amide bonds. The molecule has 0 aromatic heterocycles. The molecule has 0 bridgehead atoms. The summed E-state index contributed by atoms with van der Waals surface area (Å²) < 4.78 is 0. The molecule has 0 saturated heterocycles. The Kier molecular flexibility index (Phi) is 4.30. The number of carboxylic acids is 1. The molecule has 13 heavy (non-hydrogen) atoms. The summed E-state index contributed by atoms with van der Waals surface area (Å²) in [5.41, 5.74) is 1.18. The van der Waals surface area contributed by atoms with E-state index in [4.69, 9.17) is 5.11 Å². The largest absolute Gasteiger partial charge is 0.478 e. The summed E-state index contributed by atoms with van der Waals surface area (Å²) in [7, 11) is 0. The molecule has 0 saturated carbocycles. The van der Waals surface area contributed by atoms with Crippen molar-refractivity contribution in [3.05, 3.63) is 23.8 Å². The van der Waals surface area contributed by atoms with Gasteiger partial charge in [0.15, 0.2) is 0 Å². The van der Waals surface area contributed by atoms with Gasteiger partial charge in [0.2, 0.25) is 0 Å². The molecule has 0 unspecified atom stereocenters. The topological polar surface area (TPSA) is 37.3 Å². The monoisotopic (exact) mass is 180 g/mol. The maximum absolute atomic E-state index is 10.3. The van der Waals surface area contributed by atoms with Crippen molar-refractivity contribution in [3.8, 4) is 0 Å². The Morgan fingerprint density at radius 1 is 1.31 bits per heavy atom. The summed E-state index contributed by atoms with van der Waals surface area (Å²) in [6, 6.07) is 0. The molecule has 0 aromatic rings. The lowest BCUT2D eigenvalue weighted by Gasteiger charge is -2.06. The normalized spacial score (nSPS) is 23.2. The van der Waals surface area contributed by atoms with Crippen LogP contribution in [0.4, 0.5) is 0 Å². The molecule has 0 aromatic carbocycles. The second-order valence-electron chi connectivity index (χ2n) is 3.40. The fourth-order valence-corrected chi connectivity index (χ4v) is 1.55. The van der Waals surface area contributed by atoms with Gasteiger partial charge in [0.05, 0.1) is 0 Å². The Morgan fingerprint density at radius 3 is 2.85 bits per heavy atom. The van der Waals surface area contributed by atoms with E-state index >= 15 is 0 Å². The second kappa shape index (κ2) is 5.57. The van der Waals surface area contributed by atoms with Crippen LogP contribution >= 0.6 is 0 Å². The van der Waals surface area contributed by atoms with E-state index < -0.39 is 5.97 Å². The van der Waals surface area contributed by atoms with Crippen molar-refractivity contribution in [1.29, 1.82) is 0 Å². The SMILES string of the molecule is O=C(O)/C=C/C1=C/CCCCCC1. The predicted octanol–water partition coefficient (Wildman–Crippen LogP) is 2.91. The fraction of sp³-hybridized carbons (Fsp3) is 0.545. The summed E-state index contributed by atoms with van der Waals surface area (Å²) in [5, 5.41) is 8.46. The second-order valence-corrected chi connectivity index (χ2v) is 3.40. The van der Waals surface area contributed by atoms with Crippen molar-refractivity contribution in [1.82, 2.24) is 0 Å². The lowest BCUT2D eigenvalue weighted by molar-refractivity contribution is -0.131. The van der Waals surface area contributed by atoms with Gasteiger partial charge in [-0.15, -0.1) is 0 Å². The Labute approximate surface area is 79.0 Å². The Bertz CT molecular complexity index is 226. The molecule has 0 radical (unpaired) electrons. The van der Waals surface area contributed by atoms with Gasteiger partial charge < -0.3 is 5.11 Å². The Hall–Kier alpha value is -1.05. The van der Waals surface area contributed by atoms with Gasteiger partial charge in [-0.05, 0) is 25.7 Å². The number of carbonyl (C=O) groups is 1. The average Bonchev–Trinajstić information content (AvgIpc) is 2.01. The molecular weight excluding hydrogens is 164 g/mol. The van der Waals surface area contributed by atoms with Crippen molar-refractivity contribution < 1.29 is 9.90 Å². The highest BCUT2D eigenvalue weighted by Gasteiger charge is 1.99. The Morgan fingerprint density at radius 2 is 2.08 bits per heavy atom. The highest BCUT2D eigenvalue weighted by atomic mass is 16.4. The molecule has 1 aliphatic rings. The number of hydrogen-bond acceptors (Lipinski definition) is 1. The van der Waals surface area contributed by atoms with Crippen molar-refractivity contribution in [2.75, 3.05) is 0 Å². The molecule has 72 valence electrons. The van der Waals surface area contributed by atoms with Crippen LogP contribution in [0.1, 0.15) is 38.5 Å². The molecule has 1 aliphatic carbocycles. The van der Waals surface area contributed by atoms with E-state index in [0.717, 1.165) is 12.8 Å². The lowest BCUT2D eigenvalue weighted by atomic mass is 10.00. The van der Waals surface area contributed by atoms with Gasteiger partial charge in [-0.25, -0.2) is 4.79 Å². The summed E-state index contributed by atoms with van der Waals surface area (Å²) in [5.74, 6) is -0.858. The minimum atomic E-state index is -0.858. The maximum Gasteiger partial charge on any atom is 0.328 e. The van der Waals surface area contributed by atoms with Crippen LogP contribution in [0.25, 0.3) is 0 Å². The van der Waals surface area contributed by atoms with Crippen molar-refractivity contribution >= 4 is 5.97 Å². The first kappa shape index (κ1) is 10.0. The van der Waals surface area contributed by atoms with Crippen molar-refractivity contribution in [2.45, 2.75) is 38.5 Å². The molecule has 2 nitrogen and oxygen atoms in total. The zero-order valence-electron chi connectivity index (χ0n) is 7.83. The van der Waals surface area contributed by atoms with E-state index in [0.29, 0.717) is 0 Å². The van der Waals surface area contributed by atoms with E-state index in [1.807, 2.05) is 0 Å². The number of aliphatic carboxylic acids is 1. The van der Waals surface area contributed by atoms with Gasteiger partial charge in [-0.3, -0.25) is 0 Å². The van der Waals surface area contributed by atoms with E-state index in [2.05, 4.69) is 6.08 Å². The first-order valence-corrected chi connectivity index (χ1v) is 4.89. The minimum Gasteiger partial charge on any atom is -0.478 e. The van der Waals surface area contributed by atoms with Gasteiger partial charge >= 0.3 is 5.97 Å². The van der Waals surface area contributed by atoms with E-state index in [9.17, 15) is 4.79 Å². The van der Waals surface area contributed by atoms with Crippen molar-refractivity contribution in [2.24, 2.45) is 0 Å². The molecule has 0 heterocycles. The van der Waals surface area contributed by atoms with Crippen LogP contribution in [-0.4, -0.2) is 11.1 Å². The molecule has 1 N–H and O–H groups in total. The van der Waals surface area contributed by atoms with Crippen LogP contribution in [0, 0.1) is 0 Å². The summed E-state index contributed by atoms with van der Waals surface area (Å²) in [6.07, 6.45) is 12.3. The standard InChI is InChI=1S/C11H16O2/c12-11(13)9-8-10-6-4-2-1-3-5-7-10/h6,8-9H,1-5,7H2,(H,12,13)/b9-8+,10-6+. The summed E-state index contributed by atoms with van der Waals surface area (Å²) in [6.45, 7) is 0. The Balaban J connectivity index is 2.49. The highest BCUT2D eigenvalue weighted by Crippen LogP contribution is 2.17. The van der Waals surface area contributed by atoms with Gasteiger partial charge in [0, 0.05) is 6.08 Å². The number of allylic oxidation sites excluding steroid dienone is 3. The van der Waals surface area contributed by atoms with Crippen LogP contribution in [0.15, 0.2) is 23.8 Å². The molecular formula is C11H16O2. The number of hydrogen-bond donors (Lipinski definition) is 1. The maximum atomic E-state index is 10.3. The zero-order valence-corrected chi connectivity index (χ0v) is 7.83. The van der Waals surface area contributed by atoms with Crippen LogP contribution in [0.2, 0.25) is 0 Å². The molecule has 0 aliphatic heterocycles. The third-order valence-corrected chi connectivity index (χ3v) is 2.27. The molecule has 0 fully saturated rings. The highest BCUT2D eigenvalue weighted by molar-refractivity contribution is 5.80. The first-order valence-electron chi connectivity index (χ1n) is 4.89. The smallest absolute Gasteiger partial charge is 0.328 e. The first-order chi connectivity index (χ1) is 6.29. The molecule has 0 spiro atoms. The number of rotatable bonds is 2. The summed E-state index contributed by atoms with van der Waals surface area (Å²) in [4.78, 5) is 10.3. The molecule has 0 atom stereocenters. The predicted molar refractivity (Wildman–Crippen MR) is 52.6 cm³/mol.